The Morgan fingerprint density at radius 1 is 1.16 bits per heavy atom. The van der Waals surface area contributed by atoms with Crippen molar-refractivity contribution in [3.8, 4) is 22.8 Å². The van der Waals surface area contributed by atoms with Crippen molar-refractivity contribution in [2.45, 2.75) is 65.4 Å². The number of carbonyl (C=O) groups is 1. The number of pyridine rings is 1. The van der Waals surface area contributed by atoms with Gasteiger partial charge in [0.15, 0.2) is 0 Å². The zero-order chi connectivity index (χ0) is 30.6. The number of anilines is 1. The Hall–Kier alpha value is -3.33. The molecule has 8 nitrogen and oxygen atoms in total. The van der Waals surface area contributed by atoms with Gasteiger partial charge in [-0.25, -0.2) is 4.98 Å². The number of carbonyl (C=O) groups excluding carboxylic acids is 1. The maximum atomic E-state index is 12.9. The van der Waals surface area contributed by atoms with Crippen molar-refractivity contribution in [1.29, 1.82) is 0 Å². The molecule has 5 rings (SSSR count). The fraction of sp³-hybridized carbons (Fsp3) is 0.471. The minimum atomic E-state index is -0.541. The fourth-order valence-electron chi connectivity index (χ4n) is 5.81. The molecular weight excluding hydrogens is 566 g/mol. The number of benzene rings is 2. The number of hydrogen-bond donors (Lipinski definition) is 1. The van der Waals surface area contributed by atoms with E-state index in [1.165, 1.54) is 11.1 Å². The second-order valence-electron chi connectivity index (χ2n) is 12.0. The lowest BCUT2D eigenvalue weighted by Crippen LogP contribution is -2.49. The van der Waals surface area contributed by atoms with E-state index in [9.17, 15) is 4.79 Å². The van der Waals surface area contributed by atoms with Gasteiger partial charge >= 0.3 is 5.97 Å². The van der Waals surface area contributed by atoms with Gasteiger partial charge in [0.05, 0.1) is 29.8 Å². The molecule has 3 heterocycles. The third-order valence-corrected chi connectivity index (χ3v) is 8.09. The van der Waals surface area contributed by atoms with Gasteiger partial charge in [0, 0.05) is 37.4 Å². The zero-order valence-electron chi connectivity index (χ0n) is 25.7. The minimum Gasteiger partial charge on any atom is -0.496 e. The Kier molecular flexibility index (Phi) is 9.79. The first-order valence-corrected chi connectivity index (χ1v) is 15.4. The molecule has 43 heavy (non-hydrogen) atoms. The molecular formula is C34H42ClN3O5. The number of para-hydroxylation sites is 1. The number of esters is 1. The van der Waals surface area contributed by atoms with Gasteiger partial charge in [-0.1, -0.05) is 29.8 Å². The number of fused-ring (bicyclic) bond motifs is 1. The maximum absolute atomic E-state index is 12.9. The molecule has 2 atom stereocenters. The summed E-state index contributed by atoms with van der Waals surface area (Å²) in [5, 5.41) is 3.93. The van der Waals surface area contributed by atoms with E-state index in [4.69, 9.17) is 35.5 Å². The molecule has 0 unspecified atom stereocenters. The molecule has 2 aliphatic rings. The van der Waals surface area contributed by atoms with Crippen LogP contribution in [0.4, 0.5) is 5.82 Å². The molecule has 1 fully saturated rings. The van der Waals surface area contributed by atoms with Gasteiger partial charge in [0.25, 0.3) is 0 Å². The van der Waals surface area contributed by atoms with E-state index in [1.807, 2.05) is 70.2 Å². The van der Waals surface area contributed by atoms with Crippen LogP contribution in [0.25, 0.3) is 11.3 Å². The number of nitrogens with zero attached hydrogens (tertiary/aromatic N) is 2. The summed E-state index contributed by atoms with van der Waals surface area (Å²) in [6.45, 7) is 11.4. The number of nitrogens with one attached hydrogen (secondary N) is 1. The van der Waals surface area contributed by atoms with E-state index in [-0.39, 0.29) is 18.0 Å². The van der Waals surface area contributed by atoms with Crippen molar-refractivity contribution in [3.63, 3.8) is 0 Å². The highest BCUT2D eigenvalue weighted by atomic mass is 35.5. The summed E-state index contributed by atoms with van der Waals surface area (Å²) in [6.07, 6.45) is 1.29. The van der Waals surface area contributed by atoms with Crippen LogP contribution in [0, 0.1) is 5.92 Å². The average Bonchev–Trinajstić information content (AvgIpc) is 2.99. The number of hydrogen-bond acceptors (Lipinski definition) is 8. The number of piperidine rings is 1. The highest BCUT2D eigenvalue weighted by Gasteiger charge is 2.38. The lowest BCUT2D eigenvalue weighted by atomic mass is 9.93. The van der Waals surface area contributed by atoms with E-state index < -0.39 is 5.60 Å². The standard InChI is InChI=1S/C34H42ClN3O5/c1-6-41-30-20-38(16-14-25(30)33(39)43-34(2,3)4)31-12-8-11-28(37-31)24-9-7-10-27(35)32(24)42-21-22-17-23-13-15-36-19-26(23)29(18-22)40-5/h7-12,17-18,25,30,36H,6,13-16,19-21H2,1-5H3/t25-,30+/m1/s1. The van der Waals surface area contributed by atoms with Crippen molar-refractivity contribution in [2.75, 3.05) is 38.3 Å². The molecule has 0 bridgehead atoms. The molecule has 1 aromatic heterocycles. The van der Waals surface area contributed by atoms with Crippen LogP contribution in [0.2, 0.25) is 5.02 Å². The summed E-state index contributed by atoms with van der Waals surface area (Å²) in [5.41, 5.74) is 4.55. The Balaban J connectivity index is 1.35. The summed E-state index contributed by atoms with van der Waals surface area (Å²) in [4.78, 5) is 20.1. The fourth-order valence-corrected chi connectivity index (χ4v) is 6.04. The van der Waals surface area contributed by atoms with E-state index >= 15 is 0 Å². The Bertz CT molecular complexity index is 1420. The Labute approximate surface area is 259 Å². The van der Waals surface area contributed by atoms with E-state index in [1.54, 1.807) is 7.11 Å². The van der Waals surface area contributed by atoms with Gasteiger partial charge in [-0.05, 0) is 88.5 Å². The van der Waals surface area contributed by atoms with Gasteiger partial charge in [0.1, 0.15) is 29.5 Å². The van der Waals surface area contributed by atoms with Crippen molar-refractivity contribution in [3.05, 3.63) is 70.2 Å². The van der Waals surface area contributed by atoms with Crippen LogP contribution in [0.15, 0.2) is 48.5 Å². The van der Waals surface area contributed by atoms with Crippen molar-refractivity contribution < 1.29 is 23.7 Å². The number of aromatic nitrogens is 1. The molecule has 0 aliphatic carbocycles. The highest BCUT2D eigenvalue weighted by molar-refractivity contribution is 6.32. The van der Waals surface area contributed by atoms with Gasteiger partial charge in [0.2, 0.25) is 0 Å². The number of ether oxygens (including phenoxy) is 4. The van der Waals surface area contributed by atoms with E-state index in [2.05, 4.69) is 16.3 Å². The van der Waals surface area contributed by atoms with Crippen molar-refractivity contribution in [1.82, 2.24) is 10.3 Å². The average molecular weight is 608 g/mol. The Morgan fingerprint density at radius 3 is 2.74 bits per heavy atom. The maximum Gasteiger partial charge on any atom is 0.312 e. The molecule has 2 aliphatic heterocycles. The summed E-state index contributed by atoms with van der Waals surface area (Å²) in [5.74, 6) is 1.75. The van der Waals surface area contributed by atoms with Crippen LogP contribution in [-0.4, -0.2) is 56.0 Å². The third-order valence-electron chi connectivity index (χ3n) is 7.79. The first-order chi connectivity index (χ1) is 20.7. The van der Waals surface area contributed by atoms with Gasteiger partial charge in [-0.3, -0.25) is 4.79 Å². The molecule has 2 aromatic carbocycles. The minimum absolute atomic E-state index is 0.207. The monoisotopic (exact) mass is 607 g/mol. The van der Waals surface area contributed by atoms with Crippen LogP contribution in [0.1, 0.15) is 50.8 Å². The van der Waals surface area contributed by atoms with Crippen LogP contribution in [0.3, 0.4) is 0 Å². The highest BCUT2D eigenvalue weighted by Crippen LogP contribution is 2.38. The summed E-state index contributed by atoms with van der Waals surface area (Å²) < 4.78 is 23.8. The molecule has 0 amide bonds. The molecule has 1 saturated heterocycles. The molecule has 9 heteroatoms. The molecule has 0 spiro atoms. The topological polar surface area (TPSA) is 82.2 Å². The summed E-state index contributed by atoms with van der Waals surface area (Å²) >= 11 is 6.70. The third kappa shape index (κ3) is 7.43. The molecule has 0 radical (unpaired) electrons. The Morgan fingerprint density at radius 2 is 1.98 bits per heavy atom. The van der Waals surface area contributed by atoms with E-state index in [0.717, 1.165) is 47.9 Å². The van der Waals surface area contributed by atoms with Crippen molar-refractivity contribution >= 4 is 23.4 Å². The predicted octanol–water partition coefficient (Wildman–Crippen LogP) is 6.21. The number of rotatable bonds is 9. The summed E-state index contributed by atoms with van der Waals surface area (Å²) in [6, 6.07) is 15.9. The first-order valence-electron chi connectivity index (χ1n) is 15.0. The molecule has 3 aromatic rings. The smallest absolute Gasteiger partial charge is 0.312 e. The molecule has 230 valence electrons. The lowest BCUT2D eigenvalue weighted by molar-refractivity contribution is -0.166. The quantitative estimate of drug-likeness (QED) is 0.288. The number of methoxy groups -OCH3 is 1. The molecule has 1 N–H and O–H groups in total. The normalized spacial score (nSPS) is 18.6. The van der Waals surface area contributed by atoms with Crippen LogP contribution < -0.4 is 19.7 Å². The van der Waals surface area contributed by atoms with Crippen LogP contribution in [0.5, 0.6) is 11.5 Å². The van der Waals surface area contributed by atoms with Crippen molar-refractivity contribution in [2.24, 2.45) is 5.92 Å². The van der Waals surface area contributed by atoms with Gasteiger partial charge in [-0.2, -0.15) is 0 Å². The van der Waals surface area contributed by atoms with Gasteiger partial charge < -0.3 is 29.2 Å². The number of halogens is 1. The SMILES string of the molecule is CCO[C@H]1CN(c2cccc(-c3cccc(Cl)c3OCc3cc4c(c(OC)c3)CNCC4)n2)CC[C@H]1C(=O)OC(C)(C)C. The second kappa shape index (κ2) is 13.5. The predicted molar refractivity (Wildman–Crippen MR) is 169 cm³/mol. The summed E-state index contributed by atoms with van der Waals surface area (Å²) in [7, 11) is 1.70. The van der Waals surface area contributed by atoms with Crippen LogP contribution in [-0.2, 0) is 33.8 Å². The van der Waals surface area contributed by atoms with Crippen LogP contribution >= 0.6 is 11.6 Å². The van der Waals surface area contributed by atoms with Gasteiger partial charge in [-0.15, -0.1) is 0 Å². The second-order valence-corrected chi connectivity index (χ2v) is 12.4. The van der Waals surface area contributed by atoms with E-state index in [0.29, 0.717) is 43.5 Å². The zero-order valence-corrected chi connectivity index (χ0v) is 26.5. The first kappa shape index (κ1) is 31.1. The largest absolute Gasteiger partial charge is 0.496 e. The molecule has 0 saturated carbocycles. The lowest BCUT2D eigenvalue weighted by Gasteiger charge is -2.38.